The van der Waals surface area contributed by atoms with Crippen molar-refractivity contribution in [2.75, 3.05) is 0 Å². The molecule has 0 heterocycles. The number of nitrogens with two attached hydrogens (primary N) is 1. The lowest BCUT2D eigenvalue weighted by Gasteiger charge is -2.05. The Kier molecular flexibility index (Phi) is 7.91. The van der Waals surface area contributed by atoms with Crippen LogP contribution in [0.25, 0.3) is 0 Å². The first-order valence-electron chi connectivity index (χ1n) is 5.22. The van der Waals surface area contributed by atoms with Crippen LogP contribution in [0.4, 0.5) is 0 Å². The largest absolute Gasteiger partial charge is 0.375 e. The first-order chi connectivity index (χ1) is 7.02. The first-order valence-corrected chi connectivity index (χ1v) is 5.63. The molecule has 0 radical (unpaired) electrons. The maximum Gasteiger partial charge on any atom is 0.184 e. The number of hydrogen-bond acceptors (Lipinski definition) is 2. The molecule has 15 heavy (non-hydrogen) atoms. The van der Waals surface area contributed by atoms with E-state index in [0.29, 0.717) is 5.92 Å². The summed E-state index contributed by atoms with van der Waals surface area (Å²) in [4.78, 5) is 0. The van der Waals surface area contributed by atoms with E-state index in [1.54, 1.807) is 0 Å². The van der Waals surface area contributed by atoms with Gasteiger partial charge < -0.3 is 5.73 Å². The summed E-state index contributed by atoms with van der Waals surface area (Å²) < 4.78 is 0. The lowest BCUT2D eigenvalue weighted by Crippen LogP contribution is -2.24. The number of nitrogens with zero attached hydrogens (tertiary/aromatic N) is 1. The average Bonchev–Trinajstić information content (AvgIpc) is 2.11. The van der Waals surface area contributed by atoms with Gasteiger partial charge in [-0.15, -0.1) is 0 Å². The molecule has 0 aliphatic carbocycles. The Bertz CT molecular complexity index is 242. The van der Waals surface area contributed by atoms with Gasteiger partial charge in [-0.2, -0.15) is 5.10 Å². The highest BCUT2D eigenvalue weighted by Gasteiger charge is 1.98. The van der Waals surface area contributed by atoms with Crippen LogP contribution in [-0.4, -0.2) is 11.3 Å². The molecule has 0 aromatic heterocycles. The minimum absolute atomic E-state index is 0.212. The van der Waals surface area contributed by atoms with Crippen molar-refractivity contribution < 1.29 is 0 Å². The fourth-order valence-corrected chi connectivity index (χ4v) is 1.17. The van der Waals surface area contributed by atoms with Crippen LogP contribution >= 0.6 is 12.2 Å². The zero-order valence-electron chi connectivity index (χ0n) is 9.79. The van der Waals surface area contributed by atoms with Crippen molar-refractivity contribution in [3.63, 3.8) is 0 Å². The summed E-state index contributed by atoms with van der Waals surface area (Å²) in [6.45, 7) is 6.46. The van der Waals surface area contributed by atoms with Crippen LogP contribution < -0.4 is 11.2 Å². The molecule has 0 amide bonds. The Morgan fingerprint density at radius 2 is 2.20 bits per heavy atom. The molecule has 0 rings (SSSR count). The van der Waals surface area contributed by atoms with Crippen LogP contribution in [0.1, 0.15) is 40.0 Å². The highest BCUT2D eigenvalue weighted by atomic mass is 32.1. The summed E-state index contributed by atoms with van der Waals surface area (Å²) in [7, 11) is 0. The van der Waals surface area contributed by atoms with Gasteiger partial charge in [-0.25, -0.2) is 0 Å². The van der Waals surface area contributed by atoms with Crippen molar-refractivity contribution in [1.29, 1.82) is 0 Å². The smallest absolute Gasteiger partial charge is 0.184 e. The van der Waals surface area contributed by atoms with Gasteiger partial charge in [-0.3, -0.25) is 5.43 Å². The van der Waals surface area contributed by atoms with Crippen LogP contribution in [0.15, 0.2) is 16.8 Å². The summed E-state index contributed by atoms with van der Waals surface area (Å²) in [5.74, 6) is 0.637. The van der Waals surface area contributed by atoms with Gasteiger partial charge in [0, 0.05) is 6.21 Å². The monoisotopic (exact) mass is 227 g/mol. The van der Waals surface area contributed by atoms with Crippen LogP contribution in [-0.2, 0) is 0 Å². The van der Waals surface area contributed by atoms with E-state index in [-0.39, 0.29) is 5.11 Å². The number of thiocarbonyl (C=S) groups is 1. The second kappa shape index (κ2) is 8.41. The third-order valence-electron chi connectivity index (χ3n) is 1.99. The van der Waals surface area contributed by atoms with Crippen molar-refractivity contribution in [2.45, 2.75) is 40.0 Å². The van der Waals surface area contributed by atoms with Gasteiger partial charge >= 0.3 is 0 Å². The van der Waals surface area contributed by atoms with Gasteiger partial charge in [0.2, 0.25) is 0 Å². The van der Waals surface area contributed by atoms with Gasteiger partial charge in [0.1, 0.15) is 0 Å². The normalized spacial score (nSPS) is 12.5. The molecule has 0 aliphatic heterocycles. The van der Waals surface area contributed by atoms with E-state index in [2.05, 4.69) is 49.6 Å². The van der Waals surface area contributed by atoms with E-state index >= 15 is 0 Å². The van der Waals surface area contributed by atoms with Gasteiger partial charge in [0.25, 0.3) is 0 Å². The standard InChI is InChI=1S/C11H21N3S/c1-9(2)5-4-6-10(3)7-8-13-14-11(12)15/h5,8,10H,4,6-7H2,1-3H3,(H3,12,14,15). The molecule has 0 saturated heterocycles. The molecule has 4 heteroatoms. The van der Waals surface area contributed by atoms with Crippen molar-refractivity contribution >= 4 is 23.5 Å². The van der Waals surface area contributed by atoms with Gasteiger partial charge in [-0.1, -0.05) is 18.6 Å². The van der Waals surface area contributed by atoms with E-state index in [1.807, 2.05) is 6.21 Å². The molecule has 0 aliphatic rings. The van der Waals surface area contributed by atoms with Gasteiger partial charge in [0.15, 0.2) is 5.11 Å². The number of hydrogen-bond donors (Lipinski definition) is 2. The van der Waals surface area contributed by atoms with E-state index in [0.717, 1.165) is 12.8 Å². The SMILES string of the molecule is CC(C)=CCCC(C)CC=NNC(N)=S. The van der Waals surface area contributed by atoms with E-state index in [9.17, 15) is 0 Å². The minimum Gasteiger partial charge on any atom is -0.375 e. The molecule has 3 N–H and O–H groups in total. The van der Waals surface area contributed by atoms with Crippen LogP contribution in [0.5, 0.6) is 0 Å². The molecule has 0 spiro atoms. The van der Waals surface area contributed by atoms with E-state index in [1.165, 1.54) is 12.0 Å². The lowest BCUT2D eigenvalue weighted by atomic mass is 10.0. The molecular weight excluding hydrogens is 206 g/mol. The minimum atomic E-state index is 0.212. The van der Waals surface area contributed by atoms with Crippen molar-refractivity contribution in [2.24, 2.45) is 16.8 Å². The summed E-state index contributed by atoms with van der Waals surface area (Å²) in [5.41, 5.74) is 9.14. The Morgan fingerprint density at radius 1 is 1.53 bits per heavy atom. The fourth-order valence-electron chi connectivity index (χ4n) is 1.12. The predicted molar refractivity (Wildman–Crippen MR) is 70.9 cm³/mol. The van der Waals surface area contributed by atoms with Crippen LogP contribution in [0.2, 0.25) is 0 Å². The van der Waals surface area contributed by atoms with E-state index in [4.69, 9.17) is 5.73 Å². The summed E-state index contributed by atoms with van der Waals surface area (Å²) >= 11 is 4.62. The summed E-state index contributed by atoms with van der Waals surface area (Å²) in [6, 6.07) is 0. The highest BCUT2D eigenvalue weighted by Crippen LogP contribution is 2.10. The Balaban J connectivity index is 3.57. The molecule has 86 valence electrons. The molecule has 0 fully saturated rings. The molecule has 0 bridgehead atoms. The third-order valence-corrected chi connectivity index (χ3v) is 2.08. The summed E-state index contributed by atoms with van der Waals surface area (Å²) in [6.07, 6.45) is 7.36. The zero-order valence-corrected chi connectivity index (χ0v) is 10.6. The maximum absolute atomic E-state index is 5.22. The van der Waals surface area contributed by atoms with Crippen LogP contribution in [0, 0.1) is 5.92 Å². The molecule has 0 aromatic carbocycles. The molecule has 0 aromatic rings. The molecule has 1 unspecified atom stereocenters. The average molecular weight is 227 g/mol. The molecule has 3 nitrogen and oxygen atoms in total. The quantitative estimate of drug-likeness (QED) is 0.317. The second-order valence-electron chi connectivity index (χ2n) is 3.99. The van der Waals surface area contributed by atoms with E-state index < -0.39 is 0 Å². The zero-order chi connectivity index (χ0) is 11.7. The van der Waals surface area contributed by atoms with Crippen molar-refractivity contribution in [1.82, 2.24) is 5.43 Å². The number of nitrogens with one attached hydrogen (secondary N) is 1. The van der Waals surface area contributed by atoms with Crippen molar-refractivity contribution in [3.05, 3.63) is 11.6 Å². The Hall–Kier alpha value is -0.900. The van der Waals surface area contributed by atoms with Gasteiger partial charge in [0.05, 0.1) is 0 Å². The number of allylic oxidation sites excluding steroid dienone is 2. The topological polar surface area (TPSA) is 50.4 Å². The fraction of sp³-hybridized carbons (Fsp3) is 0.636. The second-order valence-corrected chi connectivity index (χ2v) is 4.43. The van der Waals surface area contributed by atoms with Gasteiger partial charge in [-0.05, 0) is 51.2 Å². The first kappa shape index (κ1) is 14.1. The molecular formula is C11H21N3S. The predicted octanol–water partition coefficient (Wildman–Crippen LogP) is 2.58. The Morgan fingerprint density at radius 3 is 2.73 bits per heavy atom. The van der Waals surface area contributed by atoms with Crippen molar-refractivity contribution in [3.8, 4) is 0 Å². The number of hydrazone groups is 1. The van der Waals surface area contributed by atoms with Crippen LogP contribution in [0.3, 0.4) is 0 Å². The third kappa shape index (κ3) is 11.0. The Labute approximate surface area is 97.8 Å². The lowest BCUT2D eigenvalue weighted by molar-refractivity contribution is 0.562. The maximum atomic E-state index is 5.22. The highest BCUT2D eigenvalue weighted by molar-refractivity contribution is 7.80. The molecule has 0 saturated carbocycles. The summed E-state index contributed by atoms with van der Waals surface area (Å²) in [5, 5.41) is 4.11. The number of rotatable bonds is 6. The molecule has 1 atom stereocenters.